The number of carbonyl (C=O) groups is 1. The van der Waals surface area contributed by atoms with Crippen LogP contribution in [0.1, 0.15) is 27.9 Å². The summed E-state index contributed by atoms with van der Waals surface area (Å²) in [6.07, 6.45) is -2.51. The second-order valence-electron chi connectivity index (χ2n) is 4.40. The van der Waals surface area contributed by atoms with Crippen LogP contribution < -0.4 is 5.32 Å². The van der Waals surface area contributed by atoms with Crippen LogP contribution >= 0.6 is 0 Å². The Morgan fingerprint density at radius 1 is 1.14 bits per heavy atom. The Kier molecular flexibility index (Phi) is 4.47. The van der Waals surface area contributed by atoms with E-state index in [4.69, 9.17) is 5.11 Å². The number of anilines is 1. The Morgan fingerprint density at radius 2 is 1.81 bits per heavy atom. The van der Waals surface area contributed by atoms with Crippen molar-refractivity contribution in [3.05, 3.63) is 65.0 Å². The Hall–Kier alpha value is -2.50. The zero-order chi connectivity index (χ0) is 15.4. The average molecular weight is 295 g/mol. The highest BCUT2D eigenvalue weighted by molar-refractivity contribution is 5.89. The topological polar surface area (TPSA) is 49.3 Å². The van der Waals surface area contributed by atoms with Gasteiger partial charge >= 0.3 is 5.97 Å². The summed E-state index contributed by atoms with van der Waals surface area (Å²) in [5.41, 5.74) is 0.703. The van der Waals surface area contributed by atoms with E-state index in [0.717, 1.165) is 11.6 Å². The lowest BCUT2D eigenvalue weighted by Crippen LogP contribution is -2.04. The standard InChI is InChI=1S/C15H12F3NO2/c16-13-6-5-11(7-12(13)15(20)21)19-8-9-1-3-10(4-2-9)14(17)18/h1-7,14,19H,8H2,(H,20,21). The van der Waals surface area contributed by atoms with Gasteiger partial charge in [0.15, 0.2) is 0 Å². The fraction of sp³-hybridized carbons (Fsp3) is 0.133. The van der Waals surface area contributed by atoms with E-state index in [1.165, 1.54) is 24.3 Å². The van der Waals surface area contributed by atoms with Gasteiger partial charge in [0.05, 0.1) is 5.56 Å². The van der Waals surface area contributed by atoms with Crippen LogP contribution in [0.15, 0.2) is 42.5 Å². The summed E-state index contributed by atoms with van der Waals surface area (Å²) in [4.78, 5) is 10.8. The predicted octanol–water partition coefficient (Wildman–Crippen LogP) is 4.07. The van der Waals surface area contributed by atoms with Gasteiger partial charge in [0.2, 0.25) is 0 Å². The molecule has 2 aromatic carbocycles. The van der Waals surface area contributed by atoms with Gasteiger partial charge < -0.3 is 10.4 Å². The van der Waals surface area contributed by atoms with Crippen molar-refractivity contribution in [1.82, 2.24) is 0 Å². The van der Waals surface area contributed by atoms with Crippen LogP contribution in [0.4, 0.5) is 18.9 Å². The lowest BCUT2D eigenvalue weighted by Gasteiger charge is -2.08. The van der Waals surface area contributed by atoms with Gasteiger partial charge in [-0.05, 0) is 23.8 Å². The number of halogens is 3. The van der Waals surface area contributed by atoms with E-state index in [1.807, 2.05) is 0 Å². The molecule has 2 rings (SSSR count). The minimum atomic E-state index is -2.51. The van der Waals surface area contributed by atoms with Crippen molar-refractivity contribution in [1.29, 1.82) is 0 Å². The van der Waals surface area contributed by atoms with Gasteiger partial charge in [-0.2, -0.15) is 0 Å². The van der Waals surface area contributed by atoms with Crippen molar-refractivity contribution in [3.63, 3.8) is 0 Å². The molecule has 2 N–H and O–H groups in total. The van der Waals surface area contributed by atoms with Crippen LogP contribution in [-0.4, -0.2) is 11.1 Å². The molecule has 0 saturated heterocycles. The summed E-state index contributed by atoms with van der Waals surface area (Å²) in [6.45, 7) is 0.314. The smallest absolute Gasteiger partial charge is 0.338 e. The SMILES string of the molecule is O=C(O)c1cc(NCc2ccc(C(F)F)cc2)ccc1F. The summed E-state index contributed by atoms with van der Waals surface area (Å²) in [7, 11) is 0. The molecule has 21 heavy (non-hydrogen) atoms. The molecule has 3 nitrogen and oxygen atoms in total. The van der Waals surface area contributed by atoms with E-state index in [1.54, 1.807) is 12.1 Å². The molecule has 6 heteroatoms. The third kappa shape index (κ3) is 3.75. The molecular weight excluding hydrogens is 283 g/mol. The number of benzene rings is 2. The van der Waals surface area contributed by atoms with Gasteiger partial charge in [0.1, 0.15) is 5.82 Å². The van der Waals surface area contributed by atoms with Crippen LogP contribution in [0, 0.1) is 5.82 Å². The van der Waals surface area contributed by atoms with E-state index in [-0.39, 0.29) is 5.56 Å². The summed E-state index contributed by atoms with van der Waals surface area (Å²) >= 11 is 0. The van der Waals surface area contributed by atoms with Gasteiger partial charge in [0.25, 0.3) is 6.43 Å². The fourth-order valence-corrected chi connectivity index (χ4v) is 1.78. The number of hydrogen-bond acceptors (Lipinski definition) is 2. The van der Waals surface area contributed by atoms with E-state index < -0.39 is 23.8 Å². The maximum atomic E-state index is 13.2. The highest BCUT2D eigenvalue weighted by Crippen LogP contribution is 2.20. The first-order valence-electron chi connectivity index (χ1n) is 6.11. The van der Waals surface area contributed by atoms with Gasteiger partial charge in [-0.25, -0.2) is 18.0 Å². The van der Waals surface area contributed by atoms with Crippen LogP contribution in [-0.2, 0) is 6.54 Å². The van der Waals surface area contributed by atoms with Gasteiger partial charge in [-0.15, -0.1) is 0 Å². The number of carboxylic acids is 1. The first-order valence-corrected chi connectivity index (χ1v) is 6.11. The monoisotopic (exact) mass is 295 g/mol. The third-order valence-corrected chi connectivity index (χ3v) is 2.93. The lowest BCUT2D eigenvalue weighted by molar-refractivity contribution is 0.0692. The predicted molar refractivity (Wildman–Crippen MR) is 72.1 cm³/mol. The van der Waals surface area contributed by atoms with Crippen molar-refractivity contribution in [2.24, 2.45) is 0 Å². The second kappa shape index (κ2) is 6.30. The number of alkyl halides is 2. The van der Waals surface area contributed by atoms with Gasteiger partial charge in [0, 0.05) is 17.8 Å². The molecule has 2 aromatic rings. The molecule has 110 valence electrons. The van der Waals surface area contributed by atoms with Crippen LogP contribution in [0.25, 0.3) is 0 Å². The molecule has 0 bridgehead atoms. The van der Waals surface area contributed by atoms with E-state index in [9.17, 15) is 18.0 Å². The molecule has 0 spiro atoms. The number of carboxylic acid groups (broad SMARTS) is 1. The molecule has 0 fully saturated rings. The Bertz CT molecular complexity index is 642. The Balaban J connectivity index is 2.06. The van der Waals surface area contributed by atoms with Gasteiger partial charge in [-0.1, -0.05) is 24.3 Å². The summed E-state index contributed by atoms with van der Waals surface area (Å²) in [6, 6.07) is 9.42. The molecule has 0 atom stereocenters. The first-order chi connectivity index (χ1) is 9.97. The molecule has 0 aliphatic heterocycles. The van der Waals surface area contributed by atoms with Crippen molar-refractivity contribution in [2.75, 3.05) is 5.32 Å². The zero-order valence-corrected chi connectivity index (χ0v) is 10.8. The third-order valence-electron chi connectivity index (χ3n) is 2.93. The number of aromatic carboxylic acids is 1. The number of rotatable bonds is 5. The summed E-state index contributed by atoms with van der Waals surface area (Å²) < 4.78 is 38.0. The highest BCUT2D eigenvalue weighted by Gasteiger charge is 2.10. The maximum Gasteiger partial charge on any atom is 0.338 e. The minimum absolute atomic E-state index is 0.0614. The van der Waals surface area contributed by atoms with Crippen LogP contribution in [0.3, 0.4) is 0 Å². The van der Waals surface area contributed by atoms with Crippen LogP contribution in [0.5, 0.6) is 0 Å². The number of hydrogen-bond donors (Lipinski definition) is 2. The maximum absolute atomic E-state index is 13.2. The minimum Gasteiger partial charge on any atom is -0.478 e. The largest absolute Gasteiger partial charge is 0.478 e. The average Bonchev–Trinajstić information content (AvgIpc) is 2.46. The molecule has 0 aliphatic rings. The van der Waals surface area contributed by atoms with E-state index >= 15 is 0 Å². The second-order valence-corrected chi connectivity index (χ2v) is 4.40. The normalized spacial score (nSPS) is 10.7. The van der Waals surface area contributed by atoms with Crippen molar-refractivity contribution in [2.45, 2.75) is 13.0 Å². The molecule has 0 aliphatic carbocycles. The quantitative estimate of drug-likeness (QED) is 0.874. The molecule has 0 amide bonds. The van der Waals surface area contributed by atoms with E-state index in [0.29, 0.717) is 12.2 Å². The number of nitrogens with one attached hydrogen (secondary N) is 1. The molecule has 0 radical (unpaired) electrons. The Morgan fingerprint density at radius 3 is 2.38 bits per heavy atom. The van der Waals surface area contributed by atoms with Gasteiger partial charge in [-0.3, -0.25) is 0 Å². The van der Waals surface area contributed by atoms with Crippen LogP contribution in [0.2, 0.25) is 0 Å². The highest BCUT2D eigenvalue weighted by atomic mass is 19.3. The first kappa shape index (κ1) is 14.9. The Labute approximate surface area is 119 Å². The lowest BCUT2D eigenvalue weighted by atomic mass is 10.1. The summed E-state index contributed by atoms with van der Waals surface area (Å²) in [5, 5.41) is 11.7. The van der Waals surface area contributed by atoms with Crippen molar-refractivity contribution >= 4 is 11.7 Å². The van der Waals surface area contributed by atoms with Crippen molar-refractivity contribution < 1.29 is 23.1 Å². The summed E-state index contributed by atoms with van der Waals surface area (Å²) in [5.74, 6) is -2.16. The zero-order valence-electron chi connectivity index (χ0n) is 10.8. The van der Waals surface area contributed by atoms with E-state index in [2.05, 4.69) is 5.32 Å². The molecule has 0 aromatic heterocycles. The molecule has 0 heterocycles. The molecular formula is C15H12F3NO2. The molecule has 0 unspecified atom stereocenters. The fourth-order valence-electron chi connectivity index (χ4n) is 1.78. The van der Waals surface area contributed by atoms with Crippen molar-refractivity contribution in [3.8, 4) is 0 Å². The molecule has 0 saturated carbocycles.